The smallest absolute Gasteiger partial charge is 0.257 e. The third kappa shape index (κ3) is 4.02. The molecule has 17 heavy (non-hydrogen) atoms. The van der Waals surface area contributed by atoms with Crippen LogP contribution in [0.15, 0.2) is 18.2 Å². The highest BCUT2D eigenvalue weighted by Crippen LogP contribution is 2.36. The van der Waals surface area contributed by atoms with E-state index >= 15 is 0 Å². The molecule has 0 unspecified atom stereocenters. The van der Waals surface area contributed by atoms with Crippen LogP contribution in [0, 0.1) is 0 Å². The van der Waals surface area contributed by atoms with E-state index in [9.17, 15) is 26.3 Å². The molecule has 1 rings (SSSR count). The summed E-state index contributed by atoms with van der Waals surface area (Å²) in [4.78, 5) is 0. The Balaban J connectivity index is 3.29. The molecule has 1 aromatic carbocycles. The lowest BCUT2D eigenvalue weighted by atomic mass is 10.0. The lowest BCUT2D eigenvalue weighted by Gasteiger charge is -2.13. The van der Waals surface area contributed by atoms with Crippen molar-refractivity contribution < 1.29 is 26.3 Å². The Bertz CT molecular complexity index is 365. The van der Waals surface area contributed by atoms with Crippen LogP contribution >= 0.6 is 22.9 Å². The molecule has 0 fully saturated rings. The molecule has 0 atom stereocenters. The molecule has 0 aliphatic rings. The molecule has 0 spiro atoms. The zero-order chi connectivity index (χ0) is 13.3. The van der Waals surface area contributed by atoms with Crippen molar-refractivity contribution in [2.24, 2.45) is 0 Å². The maximum absolute atomic E-state index is 12.4. The summed E-state index contributed by atoms with van der Waals surface area (Å²) in [6.45, 7) is -0.0758. The number of hydrogen-bond donors (Lipinski definition) is 1. The second kappa shape index (κ2) is 5.01. The summed E-state index contributed by atoms with van der Waals surface area (Å²) in [5.74, 6) is 0. The minimum Gasteiger partial charge on any atom is -0.257 e. The number of halogens is 7. The van der Waals surface area contributed by atoms with Crippen LogP contribution in [0.4, 0.5) is 26.3 Å². The second-order valence-corrected chi connectivity index (χ2v) is 3.99. The molecule has 0 bridgehead atoms. The van der Waals surface area contributed by atoms with Crippen LogP contribution in [0.1, 0.15) is 16.7 Å². The first-order chi connectivity index (χ1) is 7.64. The van der Waals surface area contributed by atoms with Gasteiger partial charge in [0.05, 0.1) is 11.1 Å². The normalized spacial score (nSPS) is 12.9. The van der Waals surface area contributed by atoms with E-state index in [-0.39, 0.29) is 18.2 Å². The van der Waals surface area contributed by atoms with Gasteiger partial charge in [0, 0.05) is 29.4 Å². The van der Waals surface area contributed by atoms with E-state index in [0.717, 1.165) is 0 Å². The lowest BCUT2D eigenvalue weighted by Crippen LogP contribution is -2.12. The molecule has 8 heteroatoms. The van der Waals surface area contributed by atoms with E-state index < -0.39 is 23.5 Å². The minimum absolute atomic E-state index is 0.0680. The zero-order valence-corrected chi connectivity index (χ0v) is 10.2. The van der Waals surface area contributed by atoms with Gasteiger partial charge in [0.2, 0.25) is 0 Å². The summed E-state index contributed by atoms with van der Waals surface area (Å²) in [7, 11) is 0. The van der Waals surface area contributed by atoms with E-state index in [1.165, 1.54) is 0 Å². The van der Waals surface area contributed by atoms with Crippen molar-refractivity contribution in [1.82, 2.24) is 3.53 Å². The summed E-state index contributed by atoms with van der Waals surface area (Å²) >= 11 is 1.64. The third-order valence-electron chi connectivity index (χ3n) is 1.92. The molecular weight excluding hydrogens is 363 g/mol. The monoisotopic (exact) mass is 369 g/mol. The zero-order valence-electron chi connectivity index (χ0n) is 8.08. The first-order valence-corrected chi connectivity index (χ1v) is 5.34. The molecule has 1 N–H and O–H groups in total. The highest BCUT2D eigenvalue weighted by Gasteiger charge is 2.36. The van der Waals surface area contributed by atoms with E-state index in [1.807, 2.05) is 0 Å². The van der Waals surface area contributed by atoms with Crippen molar-refractivity contribution in [1.29, 1.82) is 0 Å². The van der Waals surface area contributed by atoms with Crippen LogP contribution in [-0.2, 0) is 18.9 Å². The Labute approximate surface area is 107 Å². The van der Waals surface area contributed by atoms with Gasteiger partial charge in [-0.3, -0.25) is 3.53 Å². The summed E-state index contributed by atoms with van der Waals surface area (Å²) in [5, 5.41) is 0. The predicted octanol–water partition coefficient (Wildman–Crippen LogP) is 4.16. The summed E-state index contributed by atoms with van der Waals surface area (Å²) in [6, 6.07) is 1.50. The van der Waals surface area contributed by atoms with Crippen molar-refractivity contribution >= 4 is 22.9 Å². The molecular formula is C9H6F6IN. The Hall–Kier alpha value is -0.510. The van der Waals surface area contributed by atoms with Crippen LogP contribution in [0.5, 0.6) is 0 Å². The first-order valence-electron chi connectivity index (χ1n) is 4.26. The standard InChI is InChI=1S/C9H6F6IN/c10-8(11,12)6-1-5(4-17-16)2-7(3-6)9(13,14)15/h1-3,17H,4H2. The summed E-state index contributed by atoms with van der Waals surface area (Å²) in [5.41, 5.74) is -2.66. The van der Waals surface area contributed by atoms with Crippen molar-refractivity contribution in [2.45, 2.75) is 18.9 Å². The Kier molecular flexibility index (Phi) is 4.28. The van der Waals surface area contributed by atoms with Gasteiger partial charge in [-0.2, -0.15) is 26.3 Å². The SMILES string of the molecule is FC(F)(F)c1cc(CNI)cc(C(F)(F)F)c1. The van der Waals surface area contributed by atoms with Gasteiger partial charge in [0.15, 0.2) is 0 Å². The van der Waals surface area contributed by atoms with Crippen molar-refractivity contribution in [2.75, 3.05) is 0 Å². The fourth-order valence-corrected chi connectivity index (χ4v) is 1.64. The summed E-state index contributed by atoms with van der Waals surface area (Å²) in [6.07, 6.45) is -9.58. The van der Waals surface area contributed by atoms with E-state index in [2.05, 4.69) is 3.53 Å². The van der Waals surface area contributed by atoms with Crippen LogP contribution in [0.2, 0.25) is 0 Å². The fraction of sp³-hybridized carbons (Fsp3) is 0.333. The average molecular weight is 369 g/mol. The molecule has 0 saturated heterocycles. The molecule has 1 nitrogen and oxygen atoms in total. The Morgan fingerprint density at radius 2 is 1.29 bits per heavy atom. The van der Waals surface area contributed by atoms with Gasteiger partial charge in [-0.15, -0.1) is 0 Å². The molecule has 0 aliphatic heterocycles. The lowest BCUT2D eigenvalue weighted by molar-refractivity contribution is -0.143. The third-order valence-corrected chi connectivity index (χ3v) is 2.30. The van der Waals surface area contributed by atoms with Crippen LogP contribution in [0.25, 0.3) is 0 Å². The van der Waals surface area contributed by atoms with Gasteiger partial charge in [-0.1, -0.05) is 0 Å². The topological polar surface area (TPSA) is 12.0 Å². The van der Waals surface area contributed by atoms with Crippen molar-refractivity contribution in [3.63, 3.8) is 0 Å². The van der Waals surface area contributed by atoms with E-state index in [0.29, 0.717) is 12.1 Å². The quantitative estimate of drug-likeness (QED) is 0.469. The number of alkyl halides is 6. The molecule has 0 radical (unpaired) electrons. The Morgan fingerprint density at radius 3 is 1.59 bits per heavy atom. The summed E-state index contributed by atoms with van der Waals surface area (Å²) < 4.78 is 76.8. The number of benzene rings is 1. The largest absolute Gasteiger partial charge is 0.416 e. The van der Waals surface area contributed by atoms with Crippen molar-refractivity contribution in [3.05, 3.63) is 34.9 Å². The molecule has 96 valence electrons. The molecule has 0 saturated carbocycles. The van der Waals surface area contributed by atoms with Crippen LogP contribution < -0.4 is 3.53 Å². The highest BCUT2D eigenvalue weighted by atomic mass is 127. The number of rotatable bonds is 2. The van der Waals surface area contributed by atoms with Gasteiger partial charge in [0.1, 0.15) is 0 Å². The van der Waals surface area contributed by atoms with Gasteiger partial charge in [0.25, 0.3) is 0 Å². The van der Waals surface area contributed by atoms with E-state index in [4.69, 9.17) is 0 Å². The number of nitrogens with one attached hydrogen (secondary N) is 1. The van der Waals surface area contributed by atoms with Gasteiger partial charge in [-0.05, 0) is 23.8 Å². The van der Waals surface area contributed by atoms with Crippen LogP contribution in [0.3, 0.4) is 0 Å². The maximum Gasteiger partial charge on any atom is 0.416 e. The number of hydrogen-bond acceptors (Lipinski definition) is 1. The molecule has 0 aromatic heterocycles. The van der Waals surface area contributed by atoms with Crippen molar-refractivity contribution in [3.8, 4) is 0 Å². The first kappa shape index (κ1) is 14.6. The second-order valence-electron chi connectivity index (χ2n) is 3.22. The Morgan fingerprint density at radius 1 is 0.882 bits per heavy atom. The molecule has 0 amide bonds. The van der Waals surface area contributed by atoms with Crippen LogP contribution in [-0.4, -0.2) is 0 Å². The van der Waals surface area contributed by atoms with E-state index in [1.54, 1.807) is 22.9 Å². The minimum atomic E-state index is -4.79. The molecule has 0 heterocycles. The van der Waals surface area contributed by atoms with Gasteiger partial charge in [-0.25, -0.2) is 0 Å². The highest BCUT2D eigenvalue weighted by molar-refractivity contribution is 14.1. The molecule has 1 aromatic rings. The molecule has 0 aliphatic carbocycles. The van der Waals surface area contributed by atoms with Gasteiger partial charge < -0.3 is 0 Å². The fourth-order valence-electron chi connectivity index (χ4n) is 1.20. The predicted molar refractivity (Wildman–Crippen MR) is 57.3 cm³/mol. The maximum atomic E-state index is 12.4. The average Bonchev–Trinajstić information content (AvgIpc) is 2.15. The van der Waals surface area contributed by atoms with Gasteiger partial charge >= 0.3 is 12.4 Å².